The van der Waals surface area contributed by atoms with Gasteiger partial charge in [-0.25, -0.2) is 9.37 Å². The maximum Gasteiger partial charge on any atom is 0.306 e. The Kier molecular flexibility index (Phi) is 4.76. The van der Waals surface area contributed by atoms with Gasteiger partial charge < -0.3 is 15.0 Å². The second-order valence-electron chi connectivity index (χ2n) is 9.53. The minimum absolute atomic E-state index is 0.180. The molecule has 4 heterocycles. The van der Waals surface area contributed by atoms with Crippen molar-refractivity contribution in [2.45, 2.75) is 31.7 Å². The number of aromatic nitrogens is 2. The fourth-order valence-electron chi connectivity index (χ4n) is 5.72. The Hall–Kier alpha value is -3.19. The van der Waals surface area contributed by atoms with Gasteiger partial charge in [-0.2, -0.15) is 0 Å². The zero-order valence-electron chi connectivity index (χ0n) is 18.6. The first-order valence-corrected chi connectivity index (χ1v) is 11.7. The number of anilines is 1. The number of carbonyl (C=O) groups is 1. The van der Waals surface area contributed by atoms with E-state index in [2.05, 4.69) is 32.9 Å². The predicted octanol–water partition coefficient (Wildman–Crippen LogP) is 4.31. The Labute approximate surface area is 191 Å². The third-order valence-electron chi connectivity index (χ3n) is 7.70. The maximum atomic E-state index is 14.2. The van der Waals surface area contributed by atoms with E-state index in [0.717, 1.165) is 78.9 Å². The fraction of sp³-hybridized carbons (Fsp3) is 0.385. The quantitative estimate of drug-likeness (QED) is 0.627. The monoisotopic (exact) mass is 446 g/mol. The average Bonchev–Trinajstić information content (AvgIpc) is 3.14. The molecule has 2 aromatic heterocycles. The van der Waals surface area contributed by atoms with Crippen molar-refractivity contribution in [3.05, 3.63) is 53.6 Å². The summed E-state index contributed by atoms with van der Waals surface area (Å²) in [5.41, 5.74) is 7.50. The van der Waals surface area contributed by atoms with E-state index in [9.17, 15) is 9.18 Å². The number of hydrogen-bond donors (Lipinski definition) is 2. The zero-order valence-corrected chi connectivity index (χ0v) is 18.6. The Morgan fingerprint density at radius 2 is 2.03 bits per heavy atom. The van der Waals surface area contributed by atoms with Crippen molar-refractivity contribution in [3.63, 3.8) is 0 Å². The molecular weight excluding hydrogens is 419 g/mol. The molecule has 3 aliphatic rings. The summed E-state index contributed by atoms with van der Waals surface area (Å²) in [4.78, 5) is 24.0. The Morgan fingerprint density at radius 1 is 1.18 bits per heavy atom. The molecule has 1 fully saturated rings. The minimum Gasteiger partial charge on any atom is -0.481 e. The highest BCUT2D eigenvalue weighted by atomic mass is 19.1. The molecule has 0 amide bonds. The van der Waals surface area contributed by atoms with E-state index in [1.807, 2.05) is 12.1 Å². The number of benzene rings is 1. The number of hydrogen-bond acceptors (Lipinski definition) is 4. The maximum absolute atomic E-state index is 14.2. The third kappa shape index (κ3) is 3.33. The normalized spacial score (nSPS) is 22.8. The van der Waals surface area contributed by atoms with Gasteiger partial charge in [0.1, 0.15) is 11.5 Å². The van der Waals surface area contributed by atoms with E-state index < -0.39 is 5.97 Å². The van der Waals surface area contributed by atoms with Gasteiger partial charge in [0.05, 0.1) is 5.92 Å². The molecule has 7 heteroatoms. The molecule has 1 aliphatic carbocycles. The van der Waals surface area contributed by atoms with Crippen LogP contribution >= 0.6 is 0 Å². The number of fused-ring (bicyclic) bond motifs is 2. The van der Waals surface area contributed by atoms with Crippen LogP contribution in [-0.2, 0) is 11.2 Å². The van der Waals surface area contributed by atoms with E-state index >= 15 is 0 Å². The summed E-state index contributed by atoms with van der Waals surface area (Å²) in [5, 5.41) is 10.3. The number of nitrogens with zero attached hydrogens (tertiary/aromatic N) is 3. The summed E-state index contributed by atoms with van der Waals surface area (Å²) in [6.07, 6.45) is 7.40. The second-order valence-corrected chi connectivity index (χ2v) is 9.53. The smallest absolute Gasteiger partial charge is 0.306 e. The van der Waals surface area contributed by atoms with Crippen LogP contribution in [0.5, 0.6) is 0 Å². The molecule has 0 saturated heterocycles. The second kappa shape index (κ2) is 7.70. The van der Waals surface area contributed by atoms with Gasteiger partial charge in [-0.05, 0) is 66.6 Å². The molecule has 33 heavy (non-hydrogen) atoms. The van der Waals surface area contributed by atoms with Crippen LogP contribution in [-0.4, -0.2) is 58.7 Å². The molecule has 1 aromatic carbocycles. The summed E-state index contributed by atoms with van der Waals surface area (Å²) >= 11 is 0. The number of H-pyrrole nitrogens is 1. The van der Waals surface area contributed by atoms with Crippen LogP contribution in [0.4, 0.5) is 10.1 Å². The minimum atomic E-state index is -0.668. The van der Waals surface area contributed by atoms with Crippen LogP contribution in [0, 0.1) is 11.7 Å². The topological polar surface area (TPSA) is 72.5 Å². The molecule has 3 aromatic rings. The van der Waals surface area contributed by atoms with Gasteiger partial charge in [-0.3, -0.25) is 9.69 Å². The van der Waals surface area contributed by atoms with Gasteiger partial charge in [0.25, 0.3) is 0 Å². The highest BCUT2D eigenvalue weighted by molar-refractivity contribution is 6.01. The summed E-state index contributed by atoms with van der Waals surface area (Å²) in [6, 6.07) is 7.39. The first kappa shape index (κ1) is 20.4. The fourth-order valence-corrected chi connectivity index (χ4v) is 5.72. The van der Waals surface area contributed by atoms with E-state index in [1.54, 1.807) is 12.3 Å². The summed E-state index contributed by atoms with van der Waals surface area (Å²) in [5.74, 6) is -1.08. The van der Waals surface area contributed by atoms with Crippen LogP contribution in [0.15, 0.2) is 36.5 Å². The zero-order chi connectivity index (χ0) is 22.7. The Balaban J connectivity index is 1.37. The molecular formula is C26H27FN4O2. The van der Waals surface area contributed by atoms with Gasteiger partial charge in [0.2, 0.25) is 0 Å². The van der Waals surface area contributed by atoms with E-state index in [4.69, 9.17) is 5.11 Å². The standard InChI is InChI=1S/C26H27FN4O2/c1-30-9-7-20-23-19(21-14-17(27)2-3-22(21)30)4-8-28-25(23)29-24(20)15-5-10-31(11-6-15)18-12-16(13-18)26(32)33/h2-5,8,14,16,18H,6-7,9-13H2,1H3,(H,28,29)(H,32,33)/t16-,18+. The molecule has 6 nitrogen and oxygen atoms in total. The van der Waals surface area contributed by atoms with Crippen molar-refractivity contribution in [1.29, 1.82) is 0 Å². The molecule has 0 unspecified atom stereocenters. The molecule has 6 rings (SSSR count). The van der Waals surface area contributed by atoms with E-state index in [0.29, 0.717) is 6.04 Å². The molecule has 0 atom stereocenters. The Bertz CT molecular complexity index is 1290. The number of pyridine rings is 1. The lowest BCUT2D eigenvalue weighted by molar-refractivity contribution is -0.147. The van der Waals surface area contributed by atoms with Crippen LogP contribution < -0.4 is 4.90 Å². The van der Waals surface area contributed by atoms with Crippen molar-refractivity contribution in [2.24, 2.45) is 5.92 Å². The van der Waals surface area contributed by atoms with Crippen molar-refractivity contribution < 1.29 is 14.3 Å². The van der Waals surface area contributed by atoms with Crippen molar-refractivity contribution in [3.8, 4) is 11.1 Å². The average molecular weight is 447 g/mol. The van der Waals surface area contributed by atoms with Gasteiger partial charge >= 0.3 is 5.97 Å². The number of likely N-dealkylation sites (N-methyl/N-ethyl adjacent to an activating group) is 1. The molecule has 0 spiro atoms. The lowest BCUT2D eigenvalue weighted by Gasteiger charge is -2.42. The predicted molar refractivity (Wildman–Crippen MR) is 127 cm³/mol. The van der Waals surface area contributed by atoms with Gasteiger partial charge in [0, 0.05) is 61.3 Å². The summed E-state index contributed by atoms with van der Waals surface area (Å²) < 4.78 is 14.2. The molecule has 0 bridgehead atoms. The first-order chi connectivity index (χ1) is 16.0. The number of nitrogens with one attached hydrogen (secondary N) is 1. The lowest BCUT2D eigenvalue weighted by atomic mass is 9.79. The highest BCUT2D eigenvalue weighted by Crippen LogP contribution is 2.42. The Morgan fingerprint density at radius 3 is 2.79 bits per heavy atom. The number of aliphatic carboxylic acids is 1. The number of carboxylic acid groups (broad SMARTS) is 1. The SMILES string of the molecule is CN1CCc2c(C3=CCN([C@H]4C[C@@H](C(=O)O)C4)CC3)[nH]c3nccc(c23)-c2cc(F)ccc21. The highest BCUT2D eigenvalue weighted by Gasteiger charge is 2.38. The van der Waals surface area contributed by atoms with Gasteiger partial charge in [0.15, 0.2) is 0 Å². The van der Waals surface area contributed by atoms with E-state index in [1.165, 1.54) is 17.2 Å². The first-order valence-electron chi connectivity index (χ1n) is 11.7. The van der Waals surface area contributed by atoms with Crippen molar-refractivity contribution >= 4 is 28.3 Å². The lowest BCUT2D eigenvalue weighted by Crippen LogP contribution is -2.48. The van der Waals surface area contributed by atoms with E-state index in [-0.39, 0.29) is 11.7 Å². The van der Waals surface area contributed by atoms with Crippen molar-refractivity contribution in [1.82, 2.24) is 14.9 Å². The summed E-state index contributed by atoms with van der Waals surface area (Å²) in [7, 11) is 2.06. The largest absolute Gasteiger partial charge is 0.481 e. The van der Waals surface area contributed by atoms with Crippen LogP contribution in [0.25, 0.3) is 27.7 Å². The number of aromatic amines is 1. The van der Waals surface area contributed by atoms with Gasteiger partial charge in [-0.1, -0.05) is 6.08 Å². The molecule has 1 saturated carbocycles. The molecule has 2 aliphatic heterocycles. The number of rotatable bonds is 3. The molecule has 170 valence electrons. The van der Waals surface area contributed by atoms with Crippen LogP contribution in [0.2, 0.25) is 0 Å². The molecule has 0 radical (unpaired) electrons. The van der Waals surface area contributed by atoms with Gasteiger partial charge in [-0.15, -0.1) is 0 Å². The number of carboxylic acids is 1. The van der Waals surface area contributed by atoms with Crippen LogP contribution in [0.3, 0.4) is 0 Å². The van der Waals surface area contributed by atoms with Crippen LogP contribution in [0.1, 0.15) is 30.5 Å². The third-order valence-corrected chi connectivity index (χ3v) is 7.70. The number of halogens is 1. The van der Waals surface area contributed by atoms with Crippen molar-refractivity contribution in [2.75, 3.05) is 31.6 Å². The summed E-state index contributed by atoms with van der Waals surface area (Å²) in [6.45, 7) is 2.62. The molecule has 2 N–H and O–H groups in total.